The lowest BCUT2D eigenvalue weighted by Gasteiger charge is -2.15. The van der Waals surface area contributed by atoms with E-state index in [2.05, 4.69) is 10.3 Å². The molecule has 9 heteroatoms. The third-order valence-electron chi connectivity index (χ3n) is 3.91. The average molecular weight is 347 g/mol. The van der Waals surface area contributed by atoms with Crippen LogP contribution in [0.2, 0.25) is 0 Å². The molecule has 1 aliphatic rings. The Morgan fingerprint density at radius 2 is 2.20 bits per heavy atom. The first-order valence-electron chi connectivity index (χ1n) is 7.62. The smallest absolute Gasteiger partial charge is 0.351 e. The Kier molecular flexibility index (Phi) is 4.79. The second-order valence-corrected chi connectivity index (χ2v) is 5.63. The molecule has 0 unspecified atom stereocenters. The Hall–Kier alpha value is -2.75. The summed E-state index contributed by atoms with van der Waals surface area (Å²) >= 11 is 0. The fourth-order valence-corrected chi connectivity index (χ4v) is 2.63. The predicted octanol–water partition coefficient (Wildman–Crippen LogP) is 0.326. The van der Waals surface area contributed by atoms with Gasteiger partial charge in [-0.3, -0.25) is 4.57 Å². The Morgan fingerprint density at radius 1 is 1.40 bits per heavy atom. The first kappa shape index (κ1) is 17.1. The third kappa shape index (κ3) is 3.68. The molecule has 0 spiro atoms. The van der Waals surface area contributed by atoms with Gasteiger partial charge in [0, 0.05) is 18.3 Å². The van der Waals surface area contributed by atoms with Gasteiger partial charge < -0.3 is 25.4 Å². The van der Waals surface area contributed by atoms with Crippen molar-refractivity contribution in [2.24, 2.45) is 0 Å². The van der Waals surface area contributed by atoms with E-state index in [0.29, 0.717) is 5.69 Å². The second kappa shape index (κ2) is 7.01. The van der Waals surface area contributed by atoms with Crippen LogP contribution < -0.4 is 11.0 Å². The molecule has 1 aromatic carbocycles. The van der Waals surface area contributed by atoms with Gasteiger partial charge in [-0.2, -0.15) is 4.98 Å². The Bertz CT molecular complexity index is 837. The van der Waals surface area contributed by atoms with E-state index in [0.717, 1.165) is 0 Å². The molecule has 25 heavy (non-hydrogen) atoms. The summed E-state index contributed by atoms with van der Waals surface area (Å²) in [6.45, 7) is -0.334. The van der Waals surface area contributed by atoms with Crippen molar-refractivity contribution in [1.82, 2.24) is 9.55 Å². The van der Waals surface area contributed by atoms with Gasteiger partial charge in [0.15, 0.2) is 0 Å². The third-order valence-corrected chi connectivity index (χ3v) is 3.91. The summed E-state index contributed by atoms with van der Waals surface area (Å²) in [6.07, 6.45) is -0.626. The van der Waals surface area contributed by atoms with Crippen LogP contribution in [-0.4, -0.2) is 49.7 Å². The summed E-state index contributed by atoms with van der Waals surface area (Å²) < 4.78 is 6.66. The van der Waals surface area contributed by atoms with Crippen LogP contribution in [0.1, 0.15) is 23.0 Å². The van der Waals surface area contributed by atoms with Crippen LogP contribution in [0.3, 0.4) is 0 Å². The number of nitrogens with one attached hydrogen (secondary N) is 1. The number of nitrogens with zero attached hydrogens (tertiary/aromatic N) is 2. The number of aromatic nitrogens is 2. The first-order valence-corrected chi connectivity index (χ1v) is 7.62. The molecule has 1 aromatic heterocycles. The molecular formula is C16H17N3O6. The molecule has 9 nitrogen and oxygen atoms in total. The molecule has 3 rings (SSSR count). The van der Waals surface area contributed by atoms with Crippen molar-refractivity contribution in [3.63, 3.8) is 0 Å². The van der Waals surface area contributed by atoms with Gasteiger partial charge in [-0.25, -0.2) is 9.59 Å². The lowest BCUT2D eigenvalue weighted by Crippen LogP contribution is -2.27. The molecule has 0 radical (unpaired) electrons. The molecule has 2 aromatic rings. The van der Waals surface area contributed by atoms with Crippen LogP contribution in [0.4, 0.5) is 11.5 Å². The number of hydrogen-bond acceptors (Lipinski definition) is 7. The summed E-state index contributed by atoms with van der Waals surface area (Å²) in [4.78, 5) is 27.1. The standard InChI is InChI=1S/C16H17N3O6/c20-8-12-11(21)7-14(25-12)19-5-4-13(18-16(19)24)17-10-3-1-2-9(6-10)15(22)23/h1-6,11-12,14,20-21H,7-8H2,(H,22,23)(H,17,18,24)/t11-,12+,14+/m0/s1. The number of carboxylic acids is 1. The van der Waals surface area contributed by atoms with Crippen molar-refractivity contribution < 1.29 is 24.9 Å². The molecule has 1 aliphatic heterocycles. The van der Waals surface area contributed by atoms with Gasteiger partial charge in [0.05, 0.1) is 18.3 Å². The highest BCUT2D eigenvalue weighted by atomic mass is 16.5. The second-order valence-electron chi connectivity index (χ2n) is 5.63. The highest BCUT2D eigenvalue weighted by Gasteiger charge is 2.34. The van der Waals surface area contributed by atoms with E-state index in [1.54, 1.807) is 12.1 Å². The molecule has 0 amide bonds. The minimum atomic E-state index is -1.05. The number of aliphatic hydroxyl groups is 2. The van der Waals surface area contributed by atoms with Crippen LogP contribution in [-0.2, 0) is 4.74 Å². The number of aromatic carboxylic acids is 1. The van der Waals surface area contributed by atoms with Crippen LogP contribution in [0.25, 0.3) is 0 Å². The van der Waals surface area contributed by atoms with E-state index >= 15 is 0 Å². The Morgan fingerprint density at radius 3 is 2.84 bits per heavy atom. The maximum Gasteiger partial charge on any atom is 0.351 e. The minimum Gasteiger partial charge on any atom is -0.478 e. The average Bonchev–Trinajstić information content (AvgIpc) is 2.96. The quantitative estimate of drug-likeness (QED) is 0.608. The van der Waals surface area contributed by atoms with Gasteiger partial charge in [0.25, 0.3) is 0 Å². The van der Waals surface area contributed by atoms with Crippen molar-refractivity contribution in [2.75, 3.05) is 11.9 Å². The zero-order valence-electron chi connectivity index (χ0n) is 13.1. The van der Waals surface area contributed by atoms with E-state index in [-0.39, 0.29) is 24.4 Å². The maximum atomic E-state index is 12.2. The number of anilines is 2. The molecule has 0 aliphatic carbocycles. The molecular weight excluding hydrogens is 330 g/mol. The van der Waals surface area contributed by atoms with E-state index < -0.39 is 30.1 Å². The SMILES string of the molecule is O=C(O)c1cccc(Nc2ccn([C@H]3C[C@H](O)[C@@H](CO)O3)c(=O)n2)c1. The van der Waals surface area contributed by atoms with Crippen molar-refractivity contribution in [2.45, 2.75) is 24.9 Å². The fraction of sp³-hybridized carbons (Fsp3) is 0.312. The minimum absolute atomic E-state index is 0.113. The molecule has 0 saturated carbocycles. The summed E-state index contributed by atoms with van der Waals surface area (Å²) in [6, 6.07) is 7.66. The maximum absolute atomic E-state index is 12.2. The van der Waals surface area contributed by atoms with Crippen molar-refractivity contribution >= 4 is 17.5 Å². The van der Waals surface area contributed by atoms with Gasteiger partial charge in [0.1, 0.15) is 18.1 Å². The van der Waals surface area contributed by atoms with Crippen LogP contribution >= 0.6 is 0 Å². The zero-order valence-corrected chi connectivity index (χ0v) is 13.1. The van der Waals surface area contributed by atoms with Crippen LogP contribution in [0.15, 0.2) is 41.3 Å². The highest BCUT2D eigenvalue weighted by molar-refractivity contribution is 5.89. The lowest BCUT2D eigenvalue weighted by atomic mass is 10.2. The van der Waals surface area contributed by atoms with Gasteiger partial charge in [0.2, 0.25) is 0 Å². The van der Waals surface area contributed by atoms with E-state index in [4.69, 9.17) is 14.9 Å². The molecule has 3 atom stereocenters. The number of carboxylic acid groups (broad SMARTS) is 1. The molecule has 4 N–H and O–H groups in total. The predicted molar refractivity (Wildman–Crippen MR) is 86.8 cm³/mol. The zero-order chi connectivity index (χ0) is 18.0. The fourth-order valence-electron chi connectivity index (χ4n) is 2.63. The normalized spacial score (nSPS) is 22.7. The van der Waals surface area contributed by atoms with Crippen molar-refractivity contribution in [3.8, 4) is 0 Å². The molecule has 2 heterocycles. The number of rotatable bonds is 5. The largest absolute Gasteiger partial charge is 0.478 e. The van der Waals surface area contributed by atoms with Gasteiger partial charge in [-0.15, -0.1) is 0 Å². The number of aliphatic hydroxyl groups excluding tert-OH is 2. The van der Waals surface area contributed by atoms with Crippen molar-refractivity contribution in [1.29, 1.82) is 0 Å². The number of benzene rings is 1. The van der Waals surface area contributed by atoms with E-state index in [1.165, 1.54) is 29.0 Å². The highest BCUT2D eigenvalue weighted by Crippen LogP contribution is 2.27. The molecule has 1 fully saturated rings. The summed E-state index contributed by atoms with van der Waals surface area (Å²) in [7, 11) is 0. The summed E-state index contributed by atoms with van der Waals surface area (Å²) in [5.74, 6) is -0.802. The monoisotopic (exact) mass is 347 g/mol. The Balaban J connectivity index is 1.78. The van der Waals surface area contributed by atoms with E-state index in [1.807, 2.05) is 0 Å². The topological polar surface area (TPSA) is 134 Å². The lowest BCUT2D eigenvalue weighted by molar-refractivity contribution is -0.0458. The molecule has 1 saturated heterocycles. The van der Waals surface area contributed by atoms with Crippen molar-refractivity contribution in [3.05, 3.63) is 52.6 Å². The number of ether oxygens (including phenoxy) is 1. The van der Waals surface area contributed by atoms with Crippen LogP contribution in [0, 0.1) is 0 Å². The van der Waals surface area contributed by atoms with Gasteiger partial charge >= 0.3 is 11.7 Å². The number of hydrogen-bond donors (Lipinski definition) is 4. The number of carbonyl (C=O) groups is 1. The van der Waals surface area contributed by atoms with E-state index in [9.17, 15) is 14.7 Å². The molecule has 0 bridgehead atoms. The Labute approximate surface area is 142 Å². The molecule has 132 valence electrons. The van der Waals surface area contributed by atoms with Gasteiger partial charge in [-0.05, 0) is 24.3 Å². The first-order chi connectivity index (χ1) is 12.0. The summed E-state index contributed by atoms with van der Waals surface area (Å²) in [5, 5.41) is 30.7. The van der Waals surface area contributed by atoms with Crippen LogP contribution in [0.5, 0.6) is 0 Å². The van der Waals surface area contributed by atoms with Gasteiger partial charge in [-0.1, -0.05) is 6.07 Å². The summed E-state index contributed by atoms with van der Waals surface area (Å²) in [5.41, 5.74) is 0.00865.